The van der Waals surface area contributed by atoms with Crippen LogP contribution in [0.25, 0.3) is 0 Å². The van der Waals surface area contributed by atoms with E-state index in [-0.39, 0.29) is 11.3 Å². The molecule has 1 aliphatic carbocycles. The van der Waals surface area contributed by atoms with Crippen molar-refractivity contribution in [1.29, 1.82) is 0 Å². The highest BCUT2D eigenvalue weighted by Crippen LogP contribution is 2.50. The molecular formula is C17H23NO. The van der Waals surface area contributed by atoms with E-state index in [4.69, 9.17) is 0 Å². The van der Waals surface area contributed by atoms with E-state index in [2.05, 4.69) is 30.9 Å². The molecule has 1 aromatic carbocycles. The molecule has 0 N–H and O–H groups in total. The van der Waals surface area contributed by atoms with Crippen molar-refractivity contribution >= 4 is 5.91 Å². The predicted octanol–water partition coefficient (Wildman–Crippen LogP) is 3.47. The lowest BCUT2D eigenvalue weighted by molar-refractivity contribution is -0.144. The van der Waals surface area contributed by atoms with E-state index >= 15 is 0 Å². The number of piperidine rings is 1. The van der Waals surface area contributed by atoms with Crippen LogP contribution in [0, 0.1) is 17.3 Å². The Bertz CT molecular complexity index is 465. The Balaban J connectivity index is 1.76. The Hall–Kier alpha value is -1.31. The van der Waals surface area contributed by atoms with Gasteiger partial charge < -0.3 is 4.90 Å². The molecule has 0 bridgehead atoms. The van der Waals surface area contributed by atoms with Gasteiger partial charge in [-0.2, -0.15) is 0 Å². The summed E-state index contributed by atoms with van der Waals surface area (Å²) in [5, 5.41) is 0. The fraction of sp³-hybridized carbons (Fsp3) is 0.588. The molecule has 2 heteroatoms. The largest absolute Gasteiger partial charge is 0.338 e. The summed E-state index contributed by atoms with van der Waals surface area (Å²) in [7, 11) is 0. The van der Waals surface area contributed by atoms with Gasteiger partial charge in [0.2, 0.25) is 5.91 Å². The topological polar surface area (TPSA) is 20.3 Å². The van der Waals surface area contributed by atoms with Crippen molar-refractivity contribution < 1.29 is 4.79 Å². The number of hydrogen-bond donors (Lipinski definition) is 0. The van der Waals surface area contributed by atoms with Crippen LogP contribution in [0.15, 0.2) is 30.3 Å². The number of benzene rings is 1. The lowest BCUT2D eigenvalue weighted by atomic mass is 9.75. The van der Waals surface area contributed by atoms with Crippen LogP contribution < -0.4 is 0 Å². The summed E-state index contributed by atoms with van der Waals surface area (Å²) in [6.07, 6.45) is 3.63. The van der Waals surface area contributed by atoms with Gasteiger partial charge in [-0.05, 0) is 36.2 Å². The molecule has 3 rings (SSSR count). The molecule has 1 saturated carbocycles. The highest BCUT2D eigenvalue weighted by molar-refractivity contribution is 5.81. The third kappa shape index (κ3) is 2.29. The van der Waals surface area contributed by atoms with Gasteiger partial charge in [-0.1, -0.05) is 44.2 Å². The van der Waals surface area contributed by atoms with Gasteiger partial charge in [0.05, 0.1) is 0 Å². The van der Waals surface area contributed by atoms with Crippen molar-refractivity contribution in [2.75, 3.05) is 6.54 Å². The Kier molecular flexibility index (Phi) is 3.12. The van der Waals surface area contributed by atoms with E-state index < -0.39 is 0 Å². The number of carbonyl (C=O) groups is 1. The maximum atomic E-state index is 12.8. The molecule has 0 spiro atoms. The zero-order valence-electron chi connectivity index (χ0n) is 11.9. The molecule has 2 atom stereocenters. The van der Waals surface area contributed by atoms with E-state index in [1.165, 1.54) is 24.8 Å². The first-order chi connectivity index (χ1) is 9.08. The second kappa shape index (κ2) is 4.66. The Morgan fingerprint density at radius 2 is 1.95 bits per heavy atom. The van der Waals surface area contributed by atoms with Crippen molar-refractivity contribution in [1.82, 2.24) is 4.90 Å². The standard InChI is InChI=1S/C17H23NO/c1-17(2)10-8-14-9-11-18(16(19)15(14)17)12-13-6-4-3-5-7-13/h3-7,14-15H,8-12H2,1-2H3/t14-,15-/m0/s1. The van der Waals surface area contributed by atoms with E-state index in [1.54, 1.807) is 0 Å². The van der Waals surface area contributed by atoms with E-state index in [9.17, 15) is 4.79 Å². The van der Waals surface area contributed by atoms with Crippen molar-refractivity contribution in [3.8, 4) is 0 Å². The summed E-state index contributed by atoms with van der Waals surface area (Å²) < 4.78 is 0. The normalized spacial score (nSPS) is 29.4. The van der Waals surface area contributed by atoms with Gasteiger partial charge in [0.15, 0.2) is 0 Å². The Labute approximate surface area is 115 Å². The van der Waals surface area contributed by atoms with Crippen LogP contribution in [0.4, 0.5) is 0 Å². The highest BCUT2D eigenvalue weighted by atomic mass is 16.2. The van der Waals surface area contributed by atoms with Crippen LogP contribution in [0.2, 0.25) is 0 Å². The van der Waals surface area contributed by atoms with Gasteiger partial charge in [-0.15, -0.1) is 0 Å². The molecule has 2 aliphatic rings. The molecule has 19 heavy (non-hydrogen) atoms. The van der Waals surface area contributed by atoms with Crippen molar-refractivity contribution in [2.24, 2.45) is 17.3 Å². The molecule has 1 aliphatic heterocycles. The summed E-state index contributed by atoms with van der Waals surface area (Å²) in [5.74, 6) is 1.28. The fourth-order valence-electron chi connectivity index (χ4n) is 3.95. The first kappa shape index (κ1) is 12.7. The Morgan fingerprint density at radius 3 is 2.68 bits per heavy atom. The Morgan fingerprint density at radius 1 is 1.21 bits per heavy atom. The summed E-state index contributed by atoms with van der Waals surface area (Å²) in [6, 6.07) is 10.3. The maximum Gasteiger partial charge on any atom is 0.226 e. The molecule has 102 valence electrons. The van der Waals surface area contributed by atoms with Crippen molar-refractivity contribution in [3.63, 3.8) is 0 Å². The summed E-state index contributed by atoms with van der Waals surface area (Å²) >= 11 is 0. The molecule has 1 saturated heterocycles. The average Bonchev–Trinajstić information content (AvgIpc) is 2.70. The number of carbonyl (C=O) groups excluding carboxylic acids is 1. The van der Waals surface area contributed by atoms with Gasteiger partial charge in [0.25, 0.3) is 0 Å². The number of nitrogens with zero attached hydrogens (tertiary/aromatic N) is 1. The van der Waals surface area contributed by atoms with E-state index in [1.807, 2.05) is 18.2 Å². The lowest BCUT2D eigenvalue weighted by Crippen LogP contribution is -2.47. The van der Waals surface area contributed by atoms with Gasteiger partial charge in [-0.25, -0.2) is 0 Å². The number of likely N-dealkylation sites (tertiary alicyclic amines) is 1. The number of hydrogen-bond acceptors (Lipinski definition) is 1. The SMILES string of the molecule is CC1(C)CC[C@H]2CCN(Cc3ccccc3)C(=O)[C@H]21. The number of amides is 1. The zero-order valence-corrected chi connectivity index (χ0v) is 11.9. The summed E-state index contributed by atoms with van der Waals surface area (Å²) in [6.45, 7) is 6.24. The van der Waals surface area contributed by atoms with E-state index in [0.29, 0.717) is 11.8 Å². The molecule has 0 aromatic heterocycles. The van der Waals surface area contributed by atoms with Crippen LogP contribution in [0.5, 0.6) is 0 Å². The quantitative estimate of drug-likeness (QED) is 0.794. The maximum absolute atomic E-state index is 12.8. The monoisotopic (exact) mass is 257 g/mol. The predicted molar refractivity (Wildman–Crippen MR) is 76.5 cm³/mol. The highest BCUT2D eigenvalue weighted by Gasteiger charge is 2.49. The van der Waals surface area contributed by atoms with Gasteiger partial charge in [-0.3, -0.25) is 4.79 Å². The van der Waals surface area contributed by atoms with Crippen LogP contribution in [0.1, 0.15) is 38.7 Å². The van der Waals surface area contributed by atoms with Crippen LogP contribution in [-0.4, -0.2) is 17.4 Å². The molecule has 0 unspecified atom stereocenters. The number of rotatable bonds is 2. The molecule has 1 heterocycles. The second-order valence-corrected chi connectivity index (χ2v) is 6.80. The van der Waals surface area contributed by atoms with Gasteiger partial charge in [0, 0.05) is 19.0 Å². The van der Waals surface area contributed by atoms with E-state index in [0.717, 1.165) is 13.1 Å². The summed E-state index contributed by atoms with van der Waals surface area (Å²) in [5.41, 5.74) is 1.43. The van der Waals surface area contributed by atoms with Crippen molar-refractivity contribution in [3.05, 3.63) is 35.9 Å². The third-order valence-electron chi connectivity index (χ3n) is 5.04. The number of fused-ring (bicyclic) bond motifs is 1. The lowest BCUT2D eigenvalue weighted by Gasteiger charge is -2.39. The smallest absolute Gasteiger partial charge is 0.226 e. The molecule has 1 aromatic rings. The molecular weight excluding hydrogens is 234 g/mol. The first-order valence-electron chi connectivity index (χ1n) is 7.41. The minimum absolute atomic E-state index is 0.192. The first-order valence-corrected chi connectivity index (χ1v) is 7.41. The molecule has 0 radical (unpaired) electrons. The fourth-order valence-corrected chi connectivity index (χ4v) is 3.95. The van der Waals surface area contributed by atoms with Crippen LogP contribution in [0.3, 0.4) is 0 Å². The minimum atomic E-state index is 0.192. The molecule has 2 nitrogen and oxygen atoms in total. The zero-order chi connectivity index (χ0) is 13.5. The third-order valence-corrected chi connectivity index (χ3v) is 5.04. The average molecular weight is 257 g/mol. The molecule has 1 amide bonds. The van der Waals surface area contributed by atoms with Crippen LogP contribution >= 0.6 is 0 Å². The molecule has 2 fully saturated rings. The minimum Gasteiger partial charge on any atom is -0.338 e. The summed E-state index contributed by atoms with van der Waals surface area (Å²) in [4.78, 5) is 14.8. The van der Waals surface area contributed by atoms with Gasteiger partial charge >= 0.3 is 0 Å². The van der Waals surface area contributed by atoms with Crippen molar-refractivity contribution in [2.45, 2.75) is 39.7 Å². The van der Waals surface area contributed by atoms with Crippen LogP contribution in [-0.2, 0) is 11.3 Å². The van der Waals surface area contributed by atoms with Gasteiger partial charge in [0.1, 0.15) is 0 Å². The second-order valence-electron chi connectivity index (χ2n) is 6.80.